The Morgan fingerprint density at radius 3 is 2.04 bits per heavy atom. The summed E-state index contributed by atoms with van der Waals surface area (Å²) in [4.78, 5) is 15.2. The Balaban J connectivity index is 3.30. The fourth-order valence-corrected chi connectivity index (χ4v) is 8.54. The summed E-state index contributed by atoms with van der Waals surface area (Å²) in [5, 5.41) is 11.6. The van der Waals surface area contributed by atoms with Gasteiger partial charge in [-0.3, -0.25) is 10.1 Å². The number of nitrogens with one attached hydrogen (secondary N) is 1. The van der Waals surface area contributed by atoms with Crippen molar-refractivity contribution in [2.24, 2.45) is 0 Å². The number of para-hydroxylation sites is 1. The highest BCUT2D eigenvalue weighted by Gasteiger charge is 2.33. The molecule has 0 amide bonds. The van der Waals surface area contributed by atoms with E-state index in [0.717, 1.165) is 49.8 Å². The lowest BCUT2D eigenvalue weighted by molar-refractivity contribution is -0.383. The molecule has 0 saturated heterocycles. The van der Waals surface area contributed by atoms with Gasteiger partial charge >= 0.3 is 0 Å². The number of aryl methyl sites for hydroxylation is 1. The summed E-state index contributed by atoms with van der Waals surface area (Å²) in [6.45, 7) is 8.85. The van der Waals surface area contributed by atoms with Crippen molar-refractivity contribution >= 4 is 19.6 Å². The van der Waals surface area contributed by atoms with Gasteiger partial charge in [-0.2, -0.15) is 0 Å². The van der Waals surface area contributed by atoms with E-state index in [9.17, 15) is 10.1 Å². The molecule has 0 unspecified atom stereocenters. The third-order valence-electron chi connectivity index (χ3n) is 4.70. The molecule has 4 nitrogen and oxygen atoms in total. The first kappa shape index (κ1) is 20.7. The maximum Gasteiger partial charge on any atom is 0.291 e. The van der Waals surface area contributed by atoms with E-state index in [4.69, 9.17) is 0 Å². The molecule has 0 spiro atoms. The molecule has 1 aromatic rings. The van der Waals surface area contributed by atoms with E-state index in [2.05, 4.69) is 38.7 Å². The summed E-state index contributed by atoms with van der Waals surface area (Å²) in [7, 11) is -1.74. The van der Waals surface area contributed by atoms with Crippen molar-refractivity contribution in [3.8, 4) is 0 Å². The van der Waals surface area contributed by atoms with Gasteiger partial charge in [-0.05, 0) is 36.5 Å². The molecule has 24 heavy (non-hydrogen) atoms. The second-order valence-corrected chi connectivity index (χ2v) is 11.1. The lowest BCUT2D eigenvalue weighted by Crippen LogP contribution is -2.43. The van der Waals surface area contributed by atoms with Crippen molar-refractivity contribution in [1.29, 1.82) is 0 Å². The fourth-order valence-electron chi connectivity index (χ4n) is 3.72. The second-order valence-electron chi connectivity index (χ2n) is 6.83. The molecule has 0 aromatic heterocycles. The Kier molecular flexibility index (Phi) is 9.04. The maximum absolute atomic E-state index is 11.6. The van der Waals surface area contributed by atoms with Gasteiger partial charge in [0.1, 0.15) is 5.69 Å². The first-order chi connectivity index (χ1) is 11.5. The van der Waals surface area contributed by atoms with Gasteiger partial charge in [-0.15, -0.1) is 0 Å². The summed E-state index contributed by atoms with van der Waals surface area (Å²) in [6.07, 6.45) is 6.51. The van der Waals surface area contributed by atoms with Crippen LogP contribution in [-0.2, 0) is 6.42 Å². The van der Waals surface area contributed by atoms with E-state index in [0.29, 0.717) is 0 Å². The molecule has 0 aliphatic carbocycles. The Bertz CT molecular complexity index is 503. The standard InChI is InChI=1S/C19H34N2O2Si/c1-5-9-11-17-12-10-13-18(21(22)23)19(17)20-24(14-6-2,15-7-3)16-8-4/h10,12-13,20H,5-9,11,14-16H2,1-4H3. The lowest BCUT2D eigenvalue weighted by Gasteiger charge is -2.33. The SMILES string of the molecule is CCCCc1cccc([N+](=O)[O-])c1N[Si](CCC)(CCC)CCC. The van der Waals surface area contributed by atoms with Gasteiger partial charge in [0.15, 0.2) is 8.24 Å². The molecule has 0 heterocycles. The molecule has 0 saturated carbocycles. The third kappa shape index (κ3) is 5.62. The number of anilines is 1. The van der Waals surface area contributed by atoms with E-state index in [1.165, 1.54) is 18.1 Å². The monoisotopic (exact) mass is 350 g/mol. The molecule has 0 fully saturated rings. The molecule has 136 valence electrons. The van der Waals surface area contributed by atoms with Gasteiger partial charge in [0, 0.05) is 6.07 Å². The van der Waals surface area contributed by atoms with Crippen molar-refractivity contribution in [2.45, 2.75) is 84.4 Å². The highest BCUT2D eigenvalue weighted by Crippen LogP contribution is 2.35. The minimum absolute atomic E-state index is 0.221. The topological polar surface area (TPSA) is 55.2 Å². The zero-order valence-corrected chi connectivity index (χ0v) is 16.9. The summed E-state index contributed by atoms with van der Waals surface area (Å²) in [5.41, 5.74) is 2.19. The predicted molar refractivity (Wildman–Crippen MR) is 106 cm³/mol. The molecule has 0 bridgehead atoms. The van der Waals surface area contributed by atoms with Crippen LogP contribution in [0.1, 0.15) is 65.4 Å². The van der Waals surface area contributed by atoms with Crippen molar-refractivity contribution < 1.29 is 4.92 Å². The van der Waals surface area contributed by atoms with Crippen LogP contribution >= 0.6 is 0 Å². The van der Waals surface area contributed by atoms with Gasteiger partial charge in [0.25, 0.3) is 5.69 Å². The van der Waals surface area contributed by atoms with Crippen molar-refractivity contribution in [3.63, 3.8) is 0 Å². The first-order valence-corrected chi connectivity index (χ1v) is 12.2. The largest absolute Gasteiger partial charge is 0.404 e. The van der Waals surface area contributed by atoms with E-state index in [1.54, 1.807) is 6.07 Å². The summed E-state index contributed by atoms with van der Waals surface area (Å²) < 4.78 is 0. The Morgan fingerprint density at radius 2 is 1.58 bits per heavy atom. The van der Waals surface area contributed by atoms with Crippen LogP contribution in [0.2, 0.25) is 18.1 Å². The molecule has 0 radical (unpaired) electrons. The molecule has 1 N–H and O–H groups in total. The van der Waals surface area contributed by atoms with Crippen LogP contribution in [-0.4, -0.2) is 13.2 Å². The number of hydrogen-bond acceptors (Lipinski definition) is 3. The number of nitrogens with zero attached hydrogens (tertiary/aromatic N) is 1. The van der Waals surface area contributed by atoms with Gasteiger partial charge in [0.05, 0.1) is 4.92 Å². The lowest BCUT2D eigenvalue weighted by atomic mass is 10.1. The quantitative estimate of drug-likeness (QED) is 0.265. The van der Waals surface area contributed by atoms with Gasteiger partial charge in [-0.1, -0.05) is 65.5 Å². The molecule has 0 aliphatic heterocycles. The molecule has 0 atom stereocenters. The average Bonchev–Trinajstić information content (AvgIpc) is 2.54. The van der Waals surface area contributed by atoms with Crippen LogP contribution < -0.4 is 4.98 Å². The van der Waals surface area contributed by atoms with Gasteiger partial charge < -0.3 is 4.98 Å². The minimum atomic E-state index is -1.74. The van der Waals surface area contributed by atoms with Crippen LogP contribution in [0.15, 0.2) is 18.2 Å². The van der Waals surface area contributed by atoms with Gasteiger partial charge in [-0.25, -0.2) is 0 Å². The molecule has 5 heteroatoms. The van der Waals surface area contributed by atoms with E-state index >= 15 is 0 Å². The number of hydrogen-bond donors (Lipinski definition) is 1. The van der Waals surface area contributed by atoms with Crippen LogP contribution in [0.3, 0.4) is 0 Å². The number of benzene rings is 1. The highest BCUT2D eigenvalue weighted by molar-refractivity contribution is 6.82. The minimum Gasteiger partial charge on any atom is -0.404 e. The molecular weight excluding hydrogens is 316 g/mol. The van der Waals surface area contributed by atoms with Gasteiger partial charge in [0.2, 0.25) is 0 Å². The smallest absolute Gasteiger partial charge is 0.291 e. The van der Waals surface area contributed by atoms with Crippen LogP contribution in [0.5, 0.6) is 0 Å². The van der Waals surface area contributed by atoms with Crippen LogP contribution in [0, 0.1) is 10.1 Å². The maximum atomic E-state index is 11.6. The molecule has 1 aromatic carbocycles. The normalized spacial score (nSPS) is 11.5. The highest BCUT2D eigenvalue weighted by atomic mass is 28.3. The molecule has 0 aliphatic rings. The van der Waals surface area contributed by atoms with Crippen molar-refractivity contribution in [2.75, 3.05) is 4.98 Å². The van der Waals surface area contributed by atoms with Crippen LogP contribution in [0.4, 0.5) is 11.4 Å². The number of nitro benzene ring substituents is 1. The second kappa shape index (κ2) is 10.5. The average molecular weight is 351 g/mol. The fraction of sp³-hybridized carbons (Fsp3) is 0.684. The number of rotatable bonds is 12. The Hall–Kier alpha value is -1.36. The van der Waals surface area contributed by atoms with Crippen molar-refractivity contribution in [1.82, 2.24) is 0 Å². The summed E-state index contributed by atoms with van der Waals surface area (Å²) >= 11 is 0. The molecule has 1 rings (SSSR count). The Labute approximate surface area is 148 Å². The van der Waals surface area contributed by atoms with E-state index < -0.39 is 8.24 Å². The Morgan fingerprint density at radius 1 is 1.00 bits per heavy atom. The number of unbranched alkanes of at least 4 members (excludes halogenated alkanes) is 1. The van der Waals surface area contributed by atoms with E-state index in [1.807, 2.05) is 6.07 Å². The van der Waals surface area contributed by atoms with Crippen molar-refractivity contribution in [3.05, 3.63) is 33.9 Å². The van der Waals surface area contributed by atoms with Crippen LogP contribution in [0.25, 0.3) is 0 Å². The zero-order valence-electron chi connectivity index (χ0n) is 15.9. The van der Waals surface area contributed by atoms with E-state index in [-0.39, 0.29) is 10.6 Å². The first-order valence-electron chi connectivity index (χ1n) is 9.58. The summed E-state index contributed by atoms with van der Waals surface area (Å²) in [6, 6.07) is 9.11. The number of nitro groups is 1. The third-order valence-corrected chi connectivity index (χ3v) is 9.85. The predicted octanol–water partition coefficient (Wildman–Crippen LogP) is 6.52. The molecular formula is C19H34N2O2Si. The zero-order chi connectivity index (χ0) is 18.0. The summed E-state index contributed by atoms with van der Waals surface area (Å²) in [5.74, 6) is 0.